The van der Waals surface area contributed by atoms with E-state index in [2.05, 4.69) is 11.8 Å². The molecule has 0 radical (unpaired) electrons. The van der Waals surface area contributed by atoms with Gasteiger partial charge in [-0.25, -0.2) is 0 Å². The van der Waals surface area contributed by atoms with E-state index in [1.807, 2.05) is 0 Å². The fraction of sp³-hybridized carbons (Fsp3) is 0.160. The third-order valence-electron chi connectivity index (χ3n) is 4.78. The van der Waals surface area contributed by atoms with Gasteiger partial charge in [-0.3, -0.25) is 4.79 Å². The Labute approximate surface area is 173 Å². The van der Waals surface area contributed by atoms with Crippen LogP contribution in [0.25, 0.3) is 0 Å². The molecule has 0 aliphatic carbocycles. The van der Waals surface area contributed by atoms with E-state index < -0.39 is 23.8 Å². The summed E-state index contributed by atoms with van der Waals surface area (Å²) in [5.74, 6) is 4.89. The lowest BCUT2D eigenvalue weighted by Gasteiger charge is -2.31. The van der Waals surface area contributed by atoms with E-state index in [0.29, 0.717) is 11.3 Å². The molecule has 3 aromatic carbocycles. The minimum atomic E-state index is -4.77. The van der Waals surface area contributed by atoms with Gasteiger partial charge in [0.05, 0.1) is 7.11 Å². The summed E-state index contributed by atoms with van der Waals surface area (Å²) in [5.41, 5.74) is -2.09. The van der Waals surface area contributed by atoms with Crippen molar-refractivity contribution in [1.82, 2.24) is 0 Å². The zero-order chi connectivity index (χ0) is 21.6. The maximum absolute atomic E-state index is 14.5. The Balaban J connectivity index is 2.10. The molecule has 5 heteroatoms. The molecule has 1 atom stereocenters. The summed E-state index contributed by atoms with van der Waals surface area (Å²) in [6.07, 6.45) is -5.59. The minimum absolute atomic E-state index is 0.0669. The van der Waals surface area contributed by atoms with Gasteiger partial charge in [0.25, 0.3) is 0 Å². The van der Waals surface area contributed by atoms with Gasteiger partial charge in [-0.15, -0.1) is 0 Å². The highest BCUT2D eigenvalue weighted by atomic mass is 19.4. The third kappa shape index (κ3) is 4.55. The number of ether oxygens (including phenoxy) is 1. The fourth-order valence-corrected chi connectivity index (χ4v) is 3.10. The number of carbonyl (C=O) groups excluding carboxylic acids is 1. The van der Waals surface area contributed by atoms with Crippen LogP contribution < -0.4 is 4.74 Å². The molecule has 0 fully saturated rings. The van der Waals surface area contributed by atoms with Crippen molar-refractivity contribution in [3.05, 3.63) is 102 Å². The predicted molar refractivity (Wildman–Crippen MR) is 109 cm³/mol. The Morgan fingerprint density at radius 1 is 0.867 bits per heavy atom. The summed E-state index contributed by atoms with van der Waals surface area (Å²) in [6, 6.07) is 21.8. The molecule has 3 aromatic rings. The molecule has 0 spiro atoms. The topological polar surface area (TPSA) is 26.3 Å². The molecule has 0 aliphatic rings. The zero-order valence-corrected chi connectivity index (χ0v) is 16.2. The smallest absolute Gasteiger partial charge is 0.409 e. The first-order valence-electron chi connectivity index (χ1n) is 9.23. The first kappa shape index (κ1) is 21.2. The standard InChI is InChI=1S/C25H19F3O2/c1-30-22-14-12-20(13-15-22)23(29)18-24(25(26,27)28,21-10-6-3-7-11-21)17-16-19-8-4-2-5-9-19/h2-15H,18H2,1H3. The highest BCUT2D eigenvalue weighted by Crippen LogP contribution is 2.44. The monoisotopic (exact) mass is 408 g/mol. The van der Waals surface area contributed by atoms with Gasteiger partial charge in [0.1, 0.15) is 5.75 Å². The number of alkyl halides is 3. The minimum Gasteiger partial charge on any atom is -0.497 e. The highest BCUT2D eigenvalue weighted by Gasteiger charge is 2.56. The number of methoxy groups -OCH3 is 1. The van der Waals surface area contributed by atoms with Gasteiger partial charge >= 0.3 is 6.18 Å². The van der Waals surface area contributed by atoms with Crippen LogP contribution in [0.15, 0.2) is 84.9 Å². The van der Waals surface area contributed by atoms with Crippen LogP contribution >= 0.6 is 0 Å². The summed E-state index contributed by atoms with van der Waals surface area (Å²) < 4.78 is 48.5. The van der Waals surface area contributed by atoms with Gasteiger partial charge in [-0.2, -0.15) is 13.2 Å². The van der Waals surface area contributed by atoms with Crippen LogP contribution in [0.4, 0.5) is 13.2 Å². The Morgan fingerprint density at radius 3 is 1.97 bits per heavy atom. The molecular weight excluding hydrogens is 389 g/mol. The Kier molecular flexibility index (Phi) is 6.27. The molecule has 30 heavy (non-hydrogen) atoms. The largest absolute Gasteiger partial charge is 0.497 e. The maximum atomic E-state index is 14.5. The average Bonchev–Trinajstić information content (AvgIpc) is 2.77. The second kappa shape index (κ2) is 8.87. The normalized spacial score (nSPS) is 12.9. The quantitative estimate of drug-likeness (QED) is 0.393. The summed E-state index contributed by atoms with van der Waals surface area (Å²) in [7, 11) is 1.47. The number of carbonyl (C=O) groups is 1. The molecule has 0 aromatic heterocycles. The van der Waals surface area contributed by atoms with Crippen LogP contribution in [0.3, 0.4) is 0 Å². The van der Waals surface area contributed by atoms with E-state index >= 15 is 0 Å². The van der Waals surface area contributed by atoms with Gasteiger partial charge in [-0.05, 0) is 42.0 Å². The summed E-state index contributed by atoms with van der Waals surface area (Å²) >= 11 is 0. The van der Waals surface area contributed by atoms with Crippen LogP contribution in [0.5, 0.6) is 5.75 Å². The van der Waals surface area contributed by atoms with Crippen molar-refractivity contribution < 1.29 is 22.7 Å². The van der Waals surface area contributed by atoms with E-state index in [0.717, 1.165) is 0 Å². The van der Waals surface area contributed by atoms with E-state index in [-0.39, 0.29) is 11.1 Å². The molecule has 0 aliphatic heterocycles. The fourth-order valence-electron chi connectivity index (χ4n) is 3.10. The highest BCUT2D eigenvalue weighted by molar-refractivity contribution is 5.97. The lowest BCUT2D eigenvalue weighted by atomic mass is 9.75. The van der Waals surface area contributed by atoms with Crippen molar-refractivity contribution in [2.75, 3.05) is 7.11 Å². The summed E-state index contributed by atoms with van der Waals surface area (Å²) in [4.78, 5) is 12.9. The molecule has 2 nitrogen and oxygen atoms in total. The average molecular weight is 408 g/mol. The van der Waals surface area contributed by atoms with Crippen LogP contribution in [0.2, 0.25) is 0 Å². The van der Waals surface area contributed by atoms with Crippen molar-refractivity contribution in [1.29, 1.82) is 0 Å². The second-order valence-corrected chi connectivity index (χ2v) is 6.71. The lowest BCUT2D eigenvalue weighted by molar-refractivity contribution is -0.172. The van der Waals surface area contributed by atoms with Crippen molar-refractivity contribution >= 4 is 5.78 Å². The molecule has 0 amide bonds. The molecule has 152 valence electrons. The van der Waals surface area contributed by atoms with Crippen molar-refractivity contribution in [2.24, 2.45) is 0 Å². The molecule has 0 bridgehead atoms. The van der Waals surface area contributed by atoms with Crippen LogP contribution in [-0.2, 0) is 5.41 Å². The summed E-state index contributed by atoms with van der Waals surface area (Å²) in [6.45, 7) is 0. The third-order valence-corrected chi connectivity index (χ3v) is 4.78. The van der Waals surface area contributed by atoms with Gasteiger partial charge in [0.15, 0.2) is 11.2 Å². The van der Waals surface area contributed by atoms with Crippen molar-refractivity contribution in [3.63, 3.8) is 0 Å². The number of ketones is 1. The number of hydrogen-bond acceptors (Lipinski definition) is 2. The molecular formula is C25H19F3O2. The molecule has 0 N–H and O–H groups in total. The first-order valence-corrected chi connectivity index (χ1v) is 9.23. The van der Waals surface area contributed by atoms with Gasteiger partial charge in [0.2, 0.25) is 0 Å². The predicted octanol–water partition coefficient (Wildman–Crippen LogP) is 5.82. The van der Waals surface area contributed by atoms with Crippen LogP contribution in [0.1, 0.15) is 27.9 Å². The van der Waals surface area contributed by atoms with E-state index in [1.54, 1.807) is 48.5 Å². The molecule has 0 saturated carbocycles. The van der Waals surface area contributed by atoms with Crippen molar-refractivity contribution in [3.8, 4) is 17.6 Å². The van der Waals surface area contributed by atoms with Gasteiger partial charge in [0, 0.05) is 17.5 Å². The SMILES string of the molecule is COc1ccc(C(=O)CC(C#Cc2ccccc2)(c2ccccc2)C(F)(F)F)cc1. The molecule has 0 saturated heterocycles. The summed E-state index contributed by atoms with van der Waals surface area (Å²) in [5, 5.41) is 0. The van der Waals surface area contributed by atoms with Crippen LogP contribution in [0, 0.1) is 11.8 Å². The van der Waals surface area contributed by atoms with Gasteiger partial charge < -0.3 is 4.74 Å². The second-order valence-electron chi connectivity index (χ2n) is 6.71. The van der Waals surface area contributed by atoms with Gasteiger partial charge in [-0.1, -0.05) is 60.4 Å². The Bertz CT molecular complexity index is 1050. The van der Waals surface area contributed by atoms with Crippen LogP contribution in [-0.4, -0.2) is 19.1 Å². The molecule has 0 heterocycles. The van der Waals surface area contributed by atoms with E-state index in [9.17, 15) is 18.0 Å². The molecule has 1 unspecified atom stereocenters. The number of hydrogen-bond donors (Lipinski definition) is 0. The first-order chi connectivity index (χ1) is 14.4. The number of halogens is 3. The number of benzene rings is 3. The van der Waals surface area contributed by atoms with E-state index in [4.69, 9.17) is 4.74 Å². The Morgan fingerprint density at radius 2 is 1.43 bits per heavy atom. The number of rotatable bonds is 5. The lowest BCUT2D eigenvalue weighted by Crippen LogP contribution is -2.43. The Hall–Kier alpha value is -3.52. The number of Topliss-reactive ketones (excluding diaryl/α,β-unsaturated/α-hetero) is 1. The zero-order valence-electron chi connectivity index (χ0n) is 16.2. The molecule has 3 rings (SSSR count). The maximum Gasteiger partial charge on any atom is 0.409 e. The van der Waals surface area contributed by atoms with Crippen molar-refractivity contribution in [2.45, 2.75) is 18.0 Å². The van der Waals surface area contributed by atoms with E-state index in [1.165, 1.54) is 43.5 Å².